The lowest BCUT2D eigenvalue weighted by atomic mass is 10.2. The first-order valence-corrected chi connectivity index (χ1v) is 6.52. The summed E-state index contributed by atoms with van der Waals surface area (Å²) in [6.07, 6.45) is 0. The molecule has 0 fully saturated rings. The molecule has 0 bridgehead atoms. The van der Waals surface area contributed by atoms with Crippen LogP contribution in [-0.4, -0.2) is 38.0 Å². The smallest absolute Gasteiger partial charge is 0.231 e. The lowest BCUT2D eigenvalue weighted by molar-refractivity contribution is 0.113. The highest BCUT2D eigenvalue weighted by Gasteiger charge is 2.14. The molecule has 1 aromatic rings. The van der Waals surface area contributed by atoms with Gasteiger partial charge < -0.3 is 14.2 Å². The summed E-state index contributed by atoms with van der Waals surface area (Å²) in [5.41, 5.74) is 1.25. The van der Waals surface area contributed by atoms with Crippen LogP contribution >= 0.6 is 0 Å². The highest BCUT2D eigenvalue weighted by atomic mass is 16.7. The Morgan fingerprint density at radius 1 is 1.22 bits per heavy atom. The van der Waals surface area contributed by atoms with E-state index in [0.717, 1.165) is 44.3 Å². The van der Waals surface area contributed by atoms with Gasteiger partial charge in [-0.1, -0.05) is 13.0 Å². The van der Waals surface area contributed by atoms with Crippen molar-refractivity contribution in [3.8, 4) is 11.5 Å². The summed E-state index contributed by atoms with van der Waals surface area (Å²) < 4.78 is 16.1. The zero-order valence-electron chi connectivity index (χ0n) is 11.1. The van der Waals surface area contributed by atoms with Crippen LogP contribution in [0.4, 0.5) is 0 Å². The van der Waals surface area contributed by atoms with E-state index in [-0.39, 0.29) is 0 Å². The van der Waals surface area contributed by atoms with Gasteiger partial charge in [-0.25, -0.2) is 0 Å². The van der Waals surface area contributed by atoms with Gasteiger partial charge >= 0.3 is 0 Å². The first kappa shape index (κ1) is 13.2. The van der Waals surface area contributed by atoms with Crippen LogP contribution in [0.3, 0.4) is 0 Å². The van der Waals surface area contributed by atoms with Crippen LogP contribution in [0.15, 0.2) is 18.2 Å². The summed E-state index contributed by atoms with van der Waals surface area (Å²) in [6.45, 7) is 8.98. The van der Waals surface area contributed by atoms with Crippen LogP contribution in [0.1, 0.15) is 19.4 Å². The molecule has 0 atom stereocenters. The molecule has 4 heteroatoms. The van der Waals surface area contributed by atoms with Crippen molar-refractivity contribution in [1.29, 1.82) is 0 Å². The average molecular weight is 251 g/mol. The normalized spacial score (nSPS) is 13.3. The molecule has 0 aromatic heterocycles. The summed E-state index contributed by atoms with van der Waals surface area (Å²) in [7, 11) is 0. The fraction of sp³-hybridized carbons (Fsp3) is 0.571. The highest BCUT2D eigenvalue weighted by molar-refractivity contribution is 5.44. The maximum absolute atomic E-state index is 5.39. The Balaban J connectivity index is 1.90. The Morgan fingerprint density at radius 2 is 2.06 bits per heavy atom. The third-order valence-electron chi connectivity index (χ3n) is 3.05. The van der Waals surface area contributed by atoms with Gasteiger partial charge in [0, 0.05) is 19.7 Å². The van der Waals surface area contributed by atoms with Crippen molar-refractivity contribution in [1.82, 2.24) is 4.90 Å². The summed E-state index contributed by atoms with van der Waals surface area (Å²) in [6, 6.07) is 6.14. The Morgan fingerprint density at radius 3 is 2.83 bits per heavy atom. The quantitative estimate of drug-likeness (QED) is 0.696. The van der Waals surface area contributed by atoms with E-state index in [1.165, 1.54) is 5.56 Å². The van der Waals surface area contributed by atoms with Gasteiger partial charge in [0.25, 0.3) is 0 Å². The van der Waals surface area contributed by atoms with Crippen molar-refractivity contribution in [3.05, 3.63) is 23.8 Å². The Hall–Kier alpha value is -1.26. The molecule has 100 valence electrons. The van der Waals surface area contributed by atoms with Crippen molar-refractivity contribution in [2.45, 2.75) is 20.4 Å². The van der Waals surface area contributed by atoms with E-state index in [1.807, 2.05) is 13.0 Å². The monoisotopic (exact) mass is 251 g/mol. The highest BCUT2D eigenvalue weighted by Crippen LogP contribution is 2.32. The first-order valence-electron chi connectivity index (χ1n) is 6.52. The molecule has 0 spiro atoms. The number of benzene rings is 1. The predicted octanol–water partition coefficient (Wildman–Crippen LogP) is 2.27. The molecule has 4 nitrogen and oxygen atoms in total. The molecule has 0 saturated carbocycles. The molecule has 0 aliphatic carbocycles. The molecule has 0 N–H and O–H groups in total. The lowest BCUT2D eigenvalue weighted by Crippen LogP contribution is -2.27. The Kier molecular flexibility index (Phi) is 4.84. The first-order chi connectivity index (χ1) is 8.83. The van der Waals surface area contributed by atoms with E-state index in [4.69, 9.17) is 14.2 Å². The third kappa shape index (κ3) is 3.37. The largest absolute Gasteiger partial charge is 0.454 e. The SMILES string of the molecule is CCOCCN(CC)Cc1ccc2c(c1)OCO2. The van der Waals surface area contributed by atoms with E-state index < -0.39 is 0 Å². The van der Waals surface area contributed by atoms with Gasteiger partial charge in [0.15, 0.2) is 11.5 Å². The molecule has 0 amide bonds. The predicted molar refractivity (Wildman–Crippen MR) is 70.0 cm³/mol. The Bertz CT molecular complexity index is 381. The number of rotatable bonds is 7. The number of nitrogens with zero attached hydrogens (tertiary/aromatic N) is 1. The molecule has 0 saturated heterocycles. The van der Waals surface area contributed by atoms with Crippen LogP contribution in [0, 0.1) is 0 Å². The van der Waals surface area contributed by atoms with Crippen LogP contribution < -0.4 is 9.47 Å². The van der Waals surface area contributed by atoms with Crippen molar-refractivity contribution >= 4 is 0 Å². The van der Waals surface area contributed by atoms with Crippen LogP contribution in [0.2, 0.25) is 0 Å². The Labute approximate surface area is 108 Å². The van der Waals surface area contributed by atoms with Crippen LogP contribution in [0.5, 0.6) is 11.5 Å². The minimum Gasteiger partial charge on any atom is -0.454 e. The van der Waals surface area contributed by atoms with E-state index >= 15 is 0 Å². The van der Waals surface area contributed by atoms with Crippen molar-refractivity contribution < 1.29 is 14.2 Å². The zero-order valence-corrected chi connectivity index (χ0v) is 11.1. The minimum atomic E-state index is 0.334. The summed E-state index contributed by atoms with van der Waals surface area (Å²) in [4.78, 5) is 2.35. The lowest BCUT2D eigenvalue weighted by Gasteiger charge is -2.20. The van der Waals surface area contributed by atoms with Crippen molar-refractivity contribution in [2.75, 3.05) is 33.1 Å². The molecular formula is C14H21NO3. The maximum Gasteiger partial charge on any atom is 0.231 e. The zero-order chi connectivity index (χ0) is 12.8. The van der Waals surface area contributed by atoms with Crippen LogP contribution in [0.25, 0.3) is 0 Å². The van der Waals surface area contributed by atoms with Gasteiger partial charge in [0.05, 0.1) is 6.61 Å². The van der Waals surface area contributed by atoms with Gasteiger partial charge in [-0.2, -0.15) is 0 Å². The summed E-state index contributed by atoms with van der Waals surface area (Å²) in [5.74, 6) is 1.70. The van der Waals surface area contributed by atoms with Gasteiger partial charge in [-0.3, -0.25) is 4.90 Å². The molecular weight excluding hydrogens is 230 g/mol. The average Bonchev–Trinajstić information content (AvgIpc) is 2.85. The maximum atomic E-state index is 5.39. The summed E-state index contributed by atoms with van der Waals surface area (Å²) >= 11 is 0. The molecule has 0 radical (unpaired) electrons. The van der Waals surface area contributed by atoms with E-state index in [9.17, 15) is 0 Å². The van der Waals surface area contributed by atoms with Crippen LogP contribution in [-0.2, 0) is 11.3 Å². The van der Waals surface area contributed by atoms with Gasteiger partial charge in [0.1, 0.15) is 0 Å². The number of ether oxygens (including phenoxy) is 3. The molecule has 1 heterocycles. The molecule has 18 heavy (non-hydrogen) atoms. The van der Waals surface area contributed by atoms with E-state index in [2.05, 4.69) is 24.0 Å². The fourth-order valence-electron chi connectivity index (χ4n) is 1.98. The number of hydrogen-bond acceptors (Lipinski definition) is 4. The fourth-order valence-corrected chi connectivity index (χ4v) is 1.98. The molecule has 1 aliphatic rings. The third-order valence-corrected chi connectivity index (χ3v) is 3.05. The number of hydrogen-bond donors (Lipinski definition) is 0. The second-order valence-electron chi connectivity index (χ2n) is 4.25. The number of likely N-dealkylation sites (N-methyl/N-ethyl adjacent to an activating group) is 1. The topological polar surface area (TPSA) is 30.9 Å². The van der Waals surface area contributed by atoms with Gasteiger partial charge in [-0.15, -0.1) is 0 Å². The van der Waals surface area contributed by atoms with Crippen molar-refractivity contribution in [3.63, 3.8) is 0 Å². The van der Waals surface area contributed by atoms with Gasteiger partial charge in [0.2, 0.25) is 6.79 Å². The second-order valence-corrected chi connectivity index (χ2v) is 4.25. The minimum absolute atomic E-state index is 0.334. The summed E-state index contributed by atoms with van der Waals surface area (Å²) in [5, 5.41) is 0. The van der Waals surface area contributed by atoms with E-state index in [0.29, 0.717) is 6.79 Å². The molecule has 0 unspecified atom stereocenters. The van der Waals surface area contributed by atoms with Gasteiger partial charge in [-0.05, 0) is 31.2 Å². The standard InChI is InChI=1S/C14H21NO3/c1-3-15(7-8-16-4-2)10-12-5-6-13-14(9-12)18-11-17-13/h5-6,9H,3-4,7-8,10-11H2,1-2H3. The molecule has 1 aromatic carbocycles. The molecule has 1 aliphatic heterocycles. The number of fused-ring (bicyclic) bond motifs is 1. The second kappa shape index (κ2) is 6.61. The molecule has 2 rings (SSSR count). The van der Waals surface area contributed by atoms with E-state index in [1.54, 1.807) is 0 Å². The van der Waals surface area contributed by atoms with Crippen molar-refractivity contribution in [2.24, 2.45) is 0 Å².